The van der Waals surface area contributed by atoms with Gasteiger partial charge in [-0.25, -0.2) is 9.37 Å². The fraction of sp³-hybridized carbons (Fsp3) is 0.111. The van der Waals surface area contributed by atoms with Gasteiger partial charge in [-0.15, -0.1) is 0 Å². The first-order valence-corrected chi connectivity index (χ1v) is 5.06. The van der Waals surface area contributed by atoms with Crippen LogP contribution in [0.2, 0.25) is 0 Å². The van der Waals surface area contributed by atoms with Crippen molar-refractivity contribution in [2.45, 2.75) is 0 Å². The molecule has 5 heteroatoms. The summed E-state index contributed by atoms with van der Waals surface area (Å²) in [5.74, 6) is -0.512. The van der Waals surface area contributed by atoms with E-state index in [1.165, 1.54) is 28.9 Å². The normalized spacial score (nSPS) is 10.7. The van der Waals surface area contributed by atoms with Gasteiger partial charge in [0, 0.05) is 6.20 Å². The molecule has 0 saturated heterocycles. The SMILES string of the molecule is O=C(CBr)c1cnc2ccc(F)cn12. The van der Waals surface area contributed by atoms with Crippen molar-refractivity contribution in [3.8, 4) is 0 Å². The molecule has 0 unspecified atom stereocenters. The Balaban J connectivity index is 2.67. The third-order valence-electron chi connectivity index (χ3n) is 1.88. The van der Waals surface area contributed by atoms with Gasteiger partial charge in [-0.1, -0.05) is 15.9 Å². The molecule has 0 bridgehead atoms. The van der Waals surface area contributed by atoms with Crippen LogP contribution in [0.5, 0.6) is 0 Å². The summed E-state index contributed by atoms with van der Waals surface area (Å²) < 4.78 is 14.3. The van der Waals surface area contributed by atoms with E-state index in [-0.39, 0.29) is 16.9 Å². The van der Waals surface area contributed by atoms with E-state index in [4.69, 9.17) is 0 Å². The van der Waals surface area contributed by atoms with E-state index in [9.17, 15) is 9.18 Å². The molecule has 72 valence electrons. The van der Waals surface area contributed by atoms with Crippen LogP contribution in [0.4, 0.5) is 4.39 Å². The molecule has 0 amide bonds. The first-order valence-electron chi connectivity index (χ1n) is 3.94. The van der Waals surface area contributed by atoms with Gasteiger partial charge in [0.1, 0.15) is 17.2 Å². The highest BCUT2D eigenvalue weighted by atomic mass is 79.9. The van der Waals surface area contributed by atoms with Gasteiger partial charge in [0.25, 0.3) is 0 Å². The topological polar surface area (TPSA) is 34.4 Å². The van der Waals surface area contributed by atoms with Crippen LogP contribution >= 0.6 is 15.9 Å². The maximum Gasteiger partial charge on any atom is 0.191 e. The van der Waals surface area contributed by atoms with Crippen molar-refractivity contribution < 1.29 is 9.18 Å². The van der Waals surface area contributed by atoms with Crippen LogP contribution in [-0.2, 0) is 0 Å². The van der Waals surface area contributed by atoms with Crippen molar-refractivity contribution in [1.82, 2.24) is 9.38 Å². The molecule has 2 rings (SSSR count). The third-order valence-corrected chi connectivity index (χ3v) is 2.39. The summed E-state index contributed by atoms with van der Waals surface area (Å²) in [5.41, 5.74) is 0.951. The highest BCUT2D eigenvalue weighted by Crippen LogP contribution is 2.09. The van der Waals surface area contributed by atoms with Gasteiger partial charge >= 0.3 is 0 Å². The van der Waals surface area contributed by atoms with Gasteiger partial charge in [0.05, 0.1) is 11.5 Å². The molecule has 0 aliphatic heterocycles. The summed E-state index contributed by atoms with van der Waals surface area (Å²) >= 11 is 3.06. The smallest absolute Gasteiger partial charge is 0.191 e. The van der Waals surface area contributed by atoms with Gasteiger partial charge < -0.3 is 0 Å². The van der Waals surface area contributed by atoms with Crippen LogP contribution < -0.4 is 0 Å². The van der Waals surface area contributed by atoms with Crippen LogP contribution in [-0.4, -0.2) is 20.5 Å². The largest absolute Gasteiger partial charge is 0.294 e. The zero-order valence-electron chi connectivity index (χ0n) is 7.08. The van der Waals surface area contributed by atoms with Crippen LogP contribution in [0, 0.1) is 5.82 Å². The number of nitrogens with zero attached hydrogens (tertiary/aromatic N) is 2. The third kappa shape index (κ3) is 1.43. The molecule has 0 aromatic carbocycles. The van der Waals surface area contributed by atoms with Crippen molar-refractivity contribution >= 4 is 27.4 Å². The van der Waals surface area contributed by atoms with Crippen LogP contribution in [0.3, 0.4) is 0 Å². The Morgan fingerprint density at radius 3 is 3.07 bits per heavy atom. The number of aromatic nitrogens is 2. The lowest BCUT2D eigenvalue weighted by Crippen LogP contribution is -2.04. The Hall–Kier alpha value is -1.23. The Morgan fingerprint density at radius 1 is 1.57 bits per heavy atom. The summed E-state index contributed by atoms with van der Waals surface area (Å²) in [6, 6.07) is 2.84. The number of hydrogen-bond acceptors (Lipinski definition) is 2. The first kappa shape index (κ1) is 9.33. The second kappa shape index (κ2) is 3.49. The number of pyridine rings is 1. The number of alkyl halides is 1. The Morgan fingerprint density at radius 2 is 2.36 bits per heavy atom. The summed E-state index contributed by atoms with van der Waals surface area (Å²) in [6.07, 6.45) is 2.69. The molecule has 3 nitrogen and oxygen atoms in total. The molecule has 2 heterocycles. The number of hydrogen-bond donors (Lipinski definition) is 0. The zero-order valence-corrected chi connectivity index (χ0v) is 8.66. The fourth-order valence-electron chi connectivity index (χ4n) is 1.23. The summed E-state index contributed by atoms with van der Waals surface area (Å²) in [4.78, 5) is 15.4. The Bertz CT molecular complexity index is 495. The minimum Gasteiger partial charge on any atom is -0.294 e. The van der Waals surface area contributed by atoms with Gasteiger partial charge in [-0.3, -0.25) is 9.20 Å². The lowest BCUT2D eigenvalue weighted by molar-refractivity contribution is 0.101. The van der Waals surface area contributed by atoms with Crippen LogP contribution in [0.1, 0.15) is 10.5 Å². The maximum atomic E-state index is 12.9. The number of fused-ring (bicyclic) bond motifs is 1. The van der Waals surface area contributed by atoms with E-state index in [0.717, 1.165) is 0 Å². The second-order valence-electron chi connectivity index (χ2n) is 2.78. The van der Waals surface area contributed by atoms with Crippen molar-refractivity contribution in [3.63, 3.8) is 0 Å². The predicted molar refractivity (Wildman–Crippen MR) is 53.3 cm³/mol. The fourth-order valence-corrected chi connectivity index (χ4v) is 1.52. The van der Waals surface area contributed by atoms with E-state index >= 15 is 0 Å². The van der Waals surface area contributed by atoms with Crippen LogP contribution in [0.25, 0.3) is 5.65 Å². The monoisotopic (exact) mass is 256 g/mol. The minimum absolute atomic E-state index is 0.122. The van der Waals surface area contributed by atoms with E-state index in [1.807, 2.05) is 0 Å². The number of carbonyl (C=O) groups excluding carboxylic acids is 1. The Kier molecular flexibility index (Phi) is 2.33. The van der Waals surface area contributed by atoms with Crippen molar-refractivity contribution in [1.29, 1.82) is 0 Å². The maximum absolute atomic E-state index is 12.9. The minimum atomic E-state index is -0.390. The molecule has 0 aliphatic rings. The highest BCUT2D eigenvalue weighted by Gasteiger charge is 2.10. The quantitative estimate of drug-likeness (QED) is 0.609. The molecule has 0 N–H and O–H groups in total. The van der Waals surface area contributed by atoms with Crippen molar-refractivity contribution in [3.05, 3.63) is 36.0 Å². The van der Waals surface area contributed by atoms with Crippen molar-refractivity contribution in [2.24, 2.45) is 0 Å². The average Bonchev–Trinajstić information content (AvgIpc) is 2.59. The number of halogens is 2. The zero-order chi connectivity index (χ0) is 10.1. The predicted octanol–water partition coefficient (Wildman–Crippen LogP) is 2.05. The second-order valence-corrected chi connectivity index (χ2v) is 3.34. The van der Waals surface area contributed by atoms with E-state index in [2.05, 4.69) is 20.9 Å². The molecule has 0 atom stereocenters. The molecule has 0 radical (unpaired) electrons. The van der Waals surface area contributed by atoms with Gasteiger partial charge in [0.2, 0.25) is 0 Å². The molecule has 2 aromatic heterocycles. The van der Waals surface area contributed by atoms with Gasteiger partial charge in [0.15, 0.2) is 5.78 Å². The Labute approximate surface area is 87.7 Å². The average molecular weight is 257 g/mol. The van der Waals surface area contributed by atoms with E-state index in [0.29, 0.717) is 11.3 Å². The lowest BCUT2D eigenvalue weighted by Gasteiger charge is -1.97. The molecule has 0 saturated carbocycles. The number of ketones is 1. The number of carbonyl (C=O) groups is 1. The molecule has 2 aromatic rings. The van der Waals surface area contributed by atoms with E-state index in [1.54, 1.807) is 0 Å². The molecule has 0 aliphatic carbocycles. The highest BCUT2D eigenvalue weighted by molar-refractivity contribution is 9.09. The summed E-state index contributed by atoms with van der Waals surface area (Å²) in [7, 11) is 0. The first-order chi connectivity index (χ1) is 6.72. The number of imidazole rings is 1. The molecule has 0 fully saturated rings. The molecule has 0 spiro atoms. The van der Waals surface area contributed by atoms with Gasteiger partial charge in [-0.05, 0) is 12.1 Å². The summed E-state index contributed by atoms with van der Waals surface area (Å²) in [5, 5.41) is 0.206. The standard InChI is InChI=1S/C9H6BrFN2O/c10-3-8(14)7-4-12-9-2-1-6(11)5-13(7)9/h1-2,4-5H,3H2. The van der Waals surface area contributed by atoms with Crippen LogP contribution in [0.15, 0.2) is 24.5 Å². The van der Waals surface area contributed by atoms with E-state index < -0.39 is 0 Å². The van der Waals surface area contributed by atoms with Crippen molar-refractivity contribution in [2.75, 3.05) is 5.33 Å². The summed E-state index contributed by atoms with van der Waals surface area (Å²) in [6.45, 7) is 0. The molecular formula is C9H6BrFN2O. The number of Topliss-reactive ketones (excluding diaryl/α,β-unsaturated/α-hetero) is 1. The lowest BCUT2D eigenvalue weighted by atomic mass is 10.3. The van der Waals surface area contributed by atoms with Gasteiger partial charge in [-0.2, -0.15) is 0 Å². The number of rotatable bonds is 2. The molecule has 14 heavy (non-hydrogen) atoms. The molecular weight excluding hydrogens is 251 g/mol.